The summed E-state index contributed by atoms with van der Waals surface area (Å²) in [6.45, 7) is 7.99. The summed E-state index contributed by atoms with van der Waals surface area (Å²) in [6, 6.07) is 6.53. The molecule has 1 aliphatic carbocycles. The lowest BCUT2D eigenvalue weighted by molar-refractivity contribution is 0.0696. The summed E-state index contributed by atoms with van der Waals surface area (Å²) in [6.07, 6.45) is 3.82. The Kier molecular flexibility index (Phi) is 5.69. The van der Waals surface area contributed by atoms with Gasteiger partial charge in [0, 0.05) is 11.5 Å². The van der Waals surface area contributed by atoms with Crippen LogP contribution >= 0.6 is 0 Å². The van der Waals surface area contributed by atoms with Crippen molar-refractivity contribution < 1.29 is 30.0 Å². The van der Waals surface area contributed by atoms with Gasteiger partial charge >= 0.3 is 11.9 Å². The van der Waals surface area contributed by atoms with Crippen molar-refractivity contribution in [2.24, 2.45) is 5.92 Å². The predicted octanol–water partition coefficient (Wildman–Crippen LogP) is 5.18. The quantitative estimate of drug-likeness (QED) is 0.507. The Hall–Kier alpha value is -3.54. The van der Waals surface area contributed by atoms with Crippen LogP contribution in [-0.4, -0.2) is 32.4 Å². The van der Waals surface area contributed by atoms with Crippen molar-refractivity contribution in [1.82, 2.24) is 0 Å². The molecule has 0 saturated carbocycles. The number of phenols is 2. The molecule has 3 rings (SSSR count). The highest BCUT2D eigenvalue weighted by Crippen LogP contribution is 2.47. The number of aromatic carboxylic acids is 2. The Morgan fingerprint density at radius 1 is 0.933 bits per heavy atom. The minimum Gasteiger partial charge on any atom is -0.507 e. The van der Waals surface area contributed by atoms with E-state index in [1.54, 1.807) is 0 Å². The molecule has 0 aliphatic heterocycles. The molecule has 2 aromatic rings. The first-order valence-electron chi connectivity index (χ1n) is 9.59. The molecule has 0 spiro atoms. The lowest BCUT2D eigenvalue weighted by Gasteiger charge is -2.31. The second kappa shape index (κ2) is 8.06. The molecule has 30 heavy (non-hydrogen) atoms. The van der Waals surface area contributed by atoms with Gasteiger partial charge in [0.05, 0.1) is 11.1 Å². The molecule has 6 heteroatoms. The maximum absolute atomic E-state index is 11.4. The van der Waals surface area contributed by atoms with E-state index >= 15 is 0 Å². The Labute approximate surface area is 174 Å². The molecule has 4 N–H and O–H groups in total. The third-order valence-corrected chi connectivity index (χ3v) is 5.61. The SMILES string of the molecule is C=C(C)[C@@H]1CCC(C)=C[C@H]1c1c(O)cc(-c2cc(C(=O)O)cc(C(=O)O)c2)cc1O. The summed E-state index contributed by atoms with van der Waals surface area (Å²) in [5, 5.41) is 40.1. The predicted molar refractivity (Wildman–Crippen MR) is 113 cm³/mol. The van der Waals surface area contributed by atoms with Crippen LogP contribution in [0.4, 0.5) is 0 Å². The molecular formula is C24H24O6. The molecule has 0 heterocycles. The summed E-state index contributed by atoms with van der Waals surface area (Å²) in [4.78, 5) is 22.8. The molecule has 2 aromatic carbocycles. The largest absolute Gasteiger partial charge is 0.507 e. The molecule has 0 saturated heterocycles. The molecule has 6 nitrogen and oxygen atoms in total. The van der Waals surface area contributed by atoms with Crippen molar-refractivity contribution in [3.05, 3.63) is 70.8 Å². The topological polar surface area (TPSA) is 115 Å². The molecular weight excluding hydrogens is 384 g/mol. The number of benzene rings is 2. The van der Waals surface area contributed by atoms with Crippen LogP contribution in [-0.2, 0) is 0 Å². The van der Waals surface area contributed by atoms with Gasteiger partial charge in [0.2, 0.25) is 0 Å². The van der Waals surface area contributed by atoms with Crippen LogP contribution < -0.4 is 0 Å². The second-order valence-corrected chi connectivity index (χ2v) is 7.87. The molecule has 0 aromatic heterocycles. The van der Waals surface area contributed by atoms with E-state index in [9.17, 15) is 30.0 Å². The molecule has 1 aliphatic rings. The van der Waals surface area contributed by atoms with Gasteiger partial charge in [-0.15, -0.1) is 0 Å². The van der Waals surface area contributed by atoms with E-state index in [0.717, 1.165) is 24.5 Å². The summed E-state index contributed by atoms with van der Waals surface area (Å²) in [7, 11) is 0. The van der Waals surface area contributed by atoms with E-state index in [1.165, 1.54) is 29.8 Å². The standard InChI is InChI=1S/C24H24O6/c1-12(2)18-5-4-13(3)6-19(18)22-20(25)10-15(11-21(22)26)14-7-16(23(27)28)9-17(8-14)24(29)30/h6-11,18-19,25-26H,1,4-5H2,2-3H3,(H,27,28)(H,29,30)/t18-,19+/m0/s1. The fourth-order valence-electron chi connectivity index (χ4n) is 4.08. The van der Waals surface area contributed by atoms with Crippen LogP contribution in [0.25, 0.3) is 11.1 Å². The van der Waals surface area contributed by atoms with Gasteiger partial charge in [-0.1, -0.05) is 23.8 Å². The van der Waals surface area contributed by atoms with Crippen molar-refractivity contribution in [2.75, 3.05) is 0 Å². The number of rotatable bonds is 5. The average Bonchev–Trinajstić information content (AvgIpc) is 2.66. The van der Waals surface area contributed by atoms with Gasteiger partial charge in [-0.2, -0.15) is 0 Å². The number of carboxylic acids is 2. The monoisotopic (exact) mass is 408 g/mol. The normalized spacial score (nSPS) is 18.5. The van der Waals surface area contributed by atoms with Gasteiger partial charge in [0.25, 0.3) is 0 Å². The smallest absolute Gasteiger partial charge is 0.335 e. The fourth-order valence-corrected chi connectivity index (χ4v) is 4.08. The zero-order chi connectivity index (χ0) is 22.2. The minimum absolute atomic E-state index is 0.0744. The molecule has 0 amide bonds. The number of hydrogen-bond donors (Lipinski definition) is 4. The van der Waals surface area contributed by atoms with Gasteiger partial charge in [0.1, 0.15) is 11.5 Å². The van der Waals surface area contributed by atoms with Crippen LogP contribution in [0.3, 0.4) is 0 Å². The zero-order valence-electron chi connectivity index (χ0n) is 16.8. The van der Waals surface area contributed by atoms with Gasteiger partial charge in [-0.05, 0) is 74.1 Å². The van der Waals surface area contributed by atoms with Crippen molar-refractivity contribution in [1.29, 1.82) is 0 Å². The van der Waals surface area contributed by atoms with Crippen molar-refractivity contribution in [2.45, 2.75) is 32.6 Å². The van der Waals surface area contributed by atoms with E-state index in [2.05, 4.69) is 6.58 Å². The number of allylic oxidation sites excluding steroid dienone is 3. The van der Waals surface area contributed by atoms with Crippen LogP contribution in [0.2, 0.25) is 0 Å². The highest BCUT2D eigenvalue weighted by molar-refractivity contribution is 5.96. The zero-order valence-corrected chi connectivity index (χ0v) is 16.8. The first-order chi connectivity index (χ1) is 14.1. The summed E-state index contributed by atoms with van der Waals surface area (Å²) < 4.78 is 0. The Morgan fingerprint density at radius 2 is 1.43 bits per heavy atom. The van der Waals surface area contributed by atoms with Crippen molar-refractivity contribution in [3.8, 4) is 22.6 Å². The van der Waals surface area contributed by atoms with Crippen LogP contribution in [0.1, 0.15) is 58.9 Å². The highest BCUT2D eigenvalue weighted by Gasteiger charge is 2.30. The first kappa shape index (κ1) is 21.2. The molecule has 0 bridgehead atoms. The number of aromatic hydroxyl groups is 2. The van der Waals surface area contributed by atoms with Gasteiger partial charge in [-0.25, -0.2) is 9.59 Å². The van der Waals surface area contributed by atoms with Crippen LogP contribution in [0.15, 0.2) is 54.1 Å². The van der Waals surface area contributed by atoms with Crippen molar-refractivity contribution >= 4 is 11.9 Å². The molecule has 0 fully saturated rings. The van der Waals surface area contributed by atoms with E-state index in [-0.39, 0.29) is 40.0 Å². The van der Waals surface area contributed by atoms with E-state index in [1.807, 2.05) is 19.9 Å². The lowest BCUT2D eigenvalue weighted by atomic mass is 9.73. The van der Waals surface area contributed by atoms with Crippen molar-refractivity contribution in [3.63, 3.8) is 0 Å². The molecule has 156 valence electrons. The average molecular weight is 408 g/mol. The maximum atomic E-state index is 11.4. The fraction of sp³-hybridized carbons (Fsp3) is 0.250. The summed E-state index contributed by atoms with van der Waals surface area (Å²) >= 11 is 0. The second-order valence-electron chi connectivity index (χ2n) is 7.87. The van der Waals surface area contributed by atoms with Crippen LogP contribution in [0, 0.1) is 5.92 Å². The van der Waals surface area contributed by atoms with Gasteiger partial charge in [-0.3, -0.25) is 0 Å². The summed E-state index contributed by atoms with van der Waals surface area (Å²) in [5.74, 6) is -2.96. The maximum Gasteiger partial charge on any atom is 0.335 e. The third-order valence-electron chi connectivity index (χ3n) is 5.61. The molecule has 2 atom stereocenters. The first-order valence-corrected chi connectivity index (χ1v) is 9.59. The van der Waals surface area contributed by atoms with E-state index < -0.39 is 11.9 Å². The highest BCUT2D eigenvalue weighted by atomic mass is 16.4. The number of hydrogen-bond acceptors (Lipinski definition) is 4. The Morgan fingerprint density at radius 3 is 1.90 bits per heavy atom. The van der Waals surface area contributed by atoms with Gasteiger partial charge in [0.15, 0.2) is 0 Å². The number of phenolic OH excluding ortho intramolecular Hbond substituents is 2. The molecule has 0 unspecified atom stereocenters. The Bertz CT molecular complexity index is 1020. The van der Waals surface area contributed by atoms with Crippen LogP contribution in [0.5, 0.6) is 11.5 Å². The van der Waals surface area contributed by atoms with E-state index in [4.69, 9.17) is 0 Å². The number of carboxylic acid groups (broad SMARTS) is 2. The minimum atomic E-state index is -1.27. The molecule has 0 radical (unpaired) electrons. The summed E-state index contributed by atoms with van der Waals surface area (Å²) in [5.41, 5.74) is 2.73. The van der Waals surface area contributed by atoms with E-state index in [0.29, 0.717) is 11.1 Å². The van der Waals surface area contributed by atoms with Gasteiger partial charge < -0.3 is 20.4 Å². The third kappa shape index (κ3) is 4.08. The number of carbonyl (C=O) groups is 2. The lowest BCUT2D eigenvalue weighted by Crippen LogP contribution is -2.17. The Balaban J connectivity index is 2.14.